The Morgan fingerprint density at radius 2 is 2.27 bits per heavy atom. The minimum atomic E-state index is 0.753. The quantitative estimate of drug-likeness (QED) is 0.778. The number of para-hydroxylation sites is 1. The summed E-state index contributed by atoms with van der Waals surface area (Å²) in [5.41, 5.74) is 8.12. The SMILES string of the molecule is CC1CN(Cc2ccccc2N)CCS1. The van der Waals surface area contributed by atoms with E-state index in [1.165, 1.54) is 24.4 Å². The number of nitrogens with zero attached hydrogens (tertiary/aromatic N) is 1. The third-order valence-corrected chi connectivity index (χ3v) is 3.91. The van der Waals surface area contributed by atoms with Crippen LogP contribution in [-0.2, 0) is 6.54 Å². The second-order valence-electron chi connectivity index (χ2n) is 4.12. The van der Waals surface area contributed by atoms with Crippen molar-refractivity contribution < 1.29 is 0 Å². The van der Waals surface area contributed by atoms with Gasteiger partial charge in [0, 0.05) is 36.3 Å². The third-order valence-electron chi connectivity index (χ3n) is 2.77. The molecule has 0 radical (unpaired) electrons. The van der Waals surface area contributed by atoms with E-state index < -0.39 is 0 Å². The highest BCUT2D eigenvalue weighted by Gasteiger charge is 2.16. The molecule has 0 aliphatic carbocycles. The van der Waals surface area contributed by atoms with Crippen LogP contribution in [0.2, 0.25) is 0 Å². The Bertz CT molecular complexity index is 327. The van der Waals surface area contributed by atoms with Crippen LogP contribution in [0.1, 0.15) is 12.5 Å². The lowest BCUT2D eigenvalue weighted by molar-refractivity contribution is 0.279. The van der Waals surface area contributed by atoms with Gasteiger partial charge in [-0.15, -0.1) is 0 Å². The first-order valence-electron chi connectivity index (χ1n) is 5.43. The Morgan fingerprint density at radius 1 is 1.47 bits per heavy atom. The molecule has 1 aromatic carbocycles. The van der Waals surface area contributed by atoms with Crippen LogP contribution in [-0.4, -0.2) is 29.0 Å². The lowest BCUT2D eigenvalue weighted by Crippen LogP contribution is -2.36. The van der Waals surface area contributed by atoms with E-state index in [-0.39, 0.29) is 0 Å². The molecule has 1 unspecified atom stereocenters. The van der Waals surface area contributed by atoms with Crippen molar-refractivity contribution in [2.45, 2.75) is 18.7 Å². The monoisotopic (exact) mass is 222 g/mol. The smallest absolute Gasteiger partial charge is 0.0359 e. The molecule has 0 spiro atoms. The second kappa shape index (κ2) is 4.90. The van der Waals surface area contributed by atoms with E-state index in [1.54, 1.807) is 0 Å². The van der Waals surface area contributed by atoms with Crippen molar-refractivity contribution in [1.29, 1.82) is 0 Å². The van der Waals surface area contributed by atoms with Crippen molar-refractivity contribution in [2.75, 3.05) is 24.6 Å². The average molecular weight is 222 g/mol. The number of benzene rings is 1. The van der Waals surface area contributed by atoms with Gasteiger partial charge in [-0.3, -0.25) is 4.90 Å². The molecule has 1 saturated heterocycles. The van der Waals surface area contributed by atoms with E-state index >= 15 is 0 Å². The van der Waals surface area contributed by atoms with Gasteiger partial charge in [0.1, 0.15) is 0 Å². The molecule has 3 heteroatoms. The van der Waals surface area contributed by atoms with Crippen molar-refractivity contribution in [1.82, 2.24) is 4.90 Å². The largest absolute Gasteiger partial charge is 0.398 e. The first kappa shape index (κ1) is 10.8. The molecule has 15 heavy (non-hydrogen) atoms. The van der Waals surface area contributed by atoms with Crippen molar-refractivity contribution in [3.05, 3.63) is 29.8 Å². The fraction of sp³-hybridized carbons (Fsp3) is 0.500. The van der Waals surface area contributed by atoms with E-state index in [1.807, 2.05) is 12.1 Å². The van der Waals surface area contributed by atoms with Crippen LogP contribution < -0.4 is 5.73 Å². The van der Waals surface area contributed by atoms with Gasteiger partial charge >= 0.3 is 0 Å². The van der Waals surface area contributed by atoms with Gasteiger partial charge in [-0.2, -0.15) is 11.8 Å². The third kappa shape index (κ3) is 2.89. The molecule has 1 aliphatic rings. The molecule has 0 saturated carbocycles. The summed E-state index contributed by atoms with van der Waals surface area (Å²) in [5.74, 6) is 1.24. The second-order valence-corrected chi connectivity index (χ2v) is 5.66. The van der Waals surface area contributed by atoms with Crippen LogP contribution in [0.25, 0.3) is 0 Å². The standard InChI is InChI=1S/C12H18N2S/c1-10-8-14(6-7-15-10)9-11-4-2-3-5-12(11)13/h2-5,10H,6-9,13H2,1H3. The zero-order valence-corrected chi connectivity index (χ0v) is 9.96. The molecule has 2 N–H and O–H groups in total. The molecule has 0 aromatic heterocycles. The Balaban J connectivity index is 1.99. The molecular formula is C12H18N2S. The van der Waals surface area contributed by atoms with Gasteiger partial charge in [-0.25, -0.2) is 0 Å². The van der Waals surface area contributed by atoms with Gasteiger partial charge in [0.15, 0.2) is 0 Å². The fourth-order valence-electron chi connectivity index (χ4n) is 1.95. The first-order valence-corrected chi connectivity index (χ1v) is 6.48. The number of hydrogen-bond acceptors (Lipinski definition) is 3. The molecule has 82 valence electrons. The highest BCUT2D eigenvalue weighted by atomic mass is 32.2. The summed E-state index contributed by atoms with van der Waals surface area (Å²) in [4.78, 5) is 2.49. The van der Waals surface area contributed by atoms with Crippen molar-refractivity contribution in [3.63, 3.8) is 0 Å². The van der Waals surface area contributed by atoms with Crippen LogP contribution in [0.15, 0.2) is 24.3 Å². The summed E-state index contributed by atoms with van der Waals surface area (Å²) >= 11 is 2.06. The summed E-state index contributed by atoms with van der Waals surface area (Å²) < 4.78 is 0. The zero-order valence-electron chi connectivity index (χ0n) is 9.15. The number of nitrogen functional groups attached to an aromatic ring is 1. The number of nitrogens with two attached hydrogens (primary N) is 1. The topological polar surface area (TPSA) is 29.3 Å². The van der Waals surface area contributed by atoms with Crippen LogP contribution in [0, 0.1) is 0 Å². The number of anilines is 1. The molecule has 1 aliphatic heterocycles. The number of rotatable bonds is 2. The molecular weight excluding hydrogens is 204 g/mol. The molecule has 2 nitrogen and oxygen atoms in total. The minimum absolute atomic E-state index is 0.753. The van der Waals surface area contributed by atoms with Gasteiger partial charge in [-0.05, 0) is 11.6 Å². The predicted molar refractivity (Wildman–Crippen MR) is 68.1 cm³/mol. The predicted octanol–water partition coefficient (Wildman–Crippen LogP) is 2.21. The van der Waals surface area contributed by atoms with Crippen molar-refractivity contribution in [2.24, 2.45) is 0 Å². The highest BCUT2D eigenvalue weighted by Crippen LogP contribution is 2.21. The summed E-state index contributed by atoms with van der Waals surface area (Å²) in [6, 6.07) is 8.17. The molecule has 1 atom stereocenters. The van der Waals surface area contributed by atoms with Crippen LogP contribution in [0.4, 0.5) is 5.69 Å². The molecule has 1 heterocycles. The van der Waals surface area contributed by atoms with Crippen LogP contribution >= 0.6 is 11.8 Å². The molecule has 1 aromatic rings. The zero-order chi connectivity index (χ0) is 10.7. The summed E-state index contributed by atoms with van der Waals surface area (Å²) in [7, 11) is 0. The average Bonchev–Trinajstić information content (AvgIpc) is 2.22. The summed E-state index contributed by atoms with van der Waals surface area (Å²) in [6.07, 6.45) is 0. The number of hydrogen-bond donors (Lipinski definition) is 1. The highest BCUT2D eigenvalue weighted by molar-refractivity contribution is 7.99. The van der Waals surface area contributed by atoms with Gasteiger partial charge in [0.05, 0.1) is 0 Å². The van der Waals surface area contributed by atoms with Crippen LogP contribution in [0.3, 0.4) is 0 Å². The van der Waals surface area contributed by atoms with E-state index in [4.69, 9.17) is 5.73 Å². The maximum Gasteiger partial charge on any atom is 0.0359 e. The van der Waals surface area contributed by atoms with Gasteiger partial charge in [0.2, 0.25) is 0 Å². The first-order chi connectivity index (χ1) is 7.25. The van der Waals surface area contributed by atoms with Gasteiger partial charge in [-0.1, -0.05) is 25.1 Å². The molecule has 0 bridgehead atoms. The number of thioether (sulfide) groups is 1. The lowest BCUT2D eigenvalue weighted by Gasteiger charge is -2.30. The van der Waals surface area contributed by atoms with Gasteiger partial charge in [0.25, 0.3) is 0 Å². The molecule has 0 amide bonds. The lowest BCUT2D eigenvalue weighted by atomic mass is 10.1. The van der Waals surface area contributed by atoms with Crippen LogP contribution in [0.5, 0.6) is 0 Å². The Labute approximate surface area is 95.8 Å². The molecule has 2 rings (SSSR count). The normalized spacial score (nSPS) is 22.9. The molecule has 1 fully saturated rings. The maximum absolute atomic E-state index is 5.94. The Kier molecular flexibility index (Phi) is 3.54. The van der Waals surface area contributed by atoms with E-state index in [9.17, 15) is 0 Å². The van der Waals surface area contributed by atoms with E-state index in [0.717, 1.165) is 17.5 Å². The van der Waals surface area contributed by atoms with E-state index in [0.29, 0.717) is 0 Å². The van der Waals surface area contributed by atoms with Crippen molar-refractivity contribution >= 4 is 17.4 Å². The summed E-state index contributed by atoms with van der Waals surface area (Å²) in [6.45, 7) is 5.66. The van der Waals surface area contributed by atoms with E-state index in [2.05, 4.69) is 35.7 Å². The van der Waals surface area contributed by atoms with Crippen molar-refractivity contribution in [3.8, 4) is 0 Å². The van der Waals surface area contributed by atoms with Gasteiger partial charge < -0.3 is 5.73 Å². The fourth-order valence-corrected chi connectivity index (χ4v) is 3.04. The minimum Gasteiger partial charge on any atom is -0.398 e. The Morgan fingerprint density at radius 3 is 3.00 bits per heavy atom. The summed E-state index contributed by atoms with van der Waals surface area (Å²) in [5, 5.41) is 0.753. The Hall–Kier alpha value is -0.670. The maximum atomic E-state index is 5.94.